The van der Waals surface area contributed by atoms with E-state index in [-0.39, 0.29) is 0 Å². The maximum atomic E-state index is 5.96. The van der Waals surface area contributed by atoms with Crippen molar-refractivity contribution < 1.29 is 9.47 Å². The largest absolute Gasteiger partial charge is 0.489 e. The standard InChI is InChI=1S/C15H17N3O2/c1-17-14-4-3-10(9-18-14)12-7-11(16)8-13-15(12)20-6-2-5-19-13/h3-4,7-9H,2,5-6,16H2,1H3,(H,17,18). The topological polar surface area (TPSA) is 69.4 Å². The van der Waals surface area contributed by atoms with Crippen LogP contribution in [0.3, 0.4) is 0 Å². The molecule has 0 amide bonds. The average Bonchev–Trinajstić information content (AvgIpc) is 2.71. The lowest BCUT2D eigenvalue weighted by Crippen LogP contribution is -1.98. The van der Waals surface area contributed by atoms with Gasteiger partial charge in [-0.1, -0.05) is 0 Å². The Morgan fingerprint density at radius 3 is 2.80 bits per heavy atom. The monoisotopic (exact) mass is 271 g/mol. The normalized spacial score (nSPS) is 13.7. The molecule has 0 atom stereocenters. The average molecular weight is 271 g/mol. The Morgan fingerprint density at radius 1 is 1.20 bits per heavy atom. The molecule has 104 valence electrons. The van der Waals surface area contributed by atoms with E-state index in [1.807, 2.05) is 25.2 Å². The van der Waals surface area contributed by atoms with Gasteiger partial charge in [-0.25, -0.2) is 4.98 Å². The lowest BCUT2D eigenvalue weighted by atomic mass is 10.0. The Morgan fingerprint density at radius 2 is 2.05 bits per heavy atom. The Balaban J connectivity index is 2.09. The number of nitrogen functional groups attached to an aromatic ring is 1. The highest BCUT2D eigenvalue weighted by Crippen LogP contribution is 2.41. The summed E-state index contributed by atoms with van der Waals surface area (Å²) >= 11 is 0. The first-order chi connectivity index (χ1) is 9.78. The minimum Gasteiger partial charge on any atom is -0.489 e. The van der Waals surface area contributed by atoms with Gasteiger partial charge in [-0.2, -0.15) is 0 Å². The maximum Gasteiger partial charge on any atom is 0.169 e. The van der Waals surface area contributed by atoms with Gasteiger partial charge >= 0.3 is 0 Å². The zero-order valence-electron chi connectivity index (χ0n) is 11.3. The number of anilines is 2. The lowest BCUT2D eigenvalue weighted by molar-refractivity contribution is 0.297. The number of fused-ring (bicyclic) bond motifs is 1. The van der Waals surface area contributed by atoms with Gasteiger partial charge in [-0.3, -0.25) is 0 Å². The van der Waals surface area contributed by atoms with Crippen LogP contribution in [0.1, 0.15) is 6.42 Å². The Labute approximate surface area is 117 Å². The fourth-order valence-electron chi connectivity index (χ4n) is 2.21. The van der Waals surface area contributed by atoms with Gasteiger partial charge in [-0.05, 0) is 18.2 Å². The number of aromatic nitrogens is 1. The van der Waals surface area contributed by atoms with Crippen LogP contribution < -0.4 is 20.5 Å². The summed E-state index contributed by atoms with van der Waals surface area (Å²) in [6.07, 6.45) is 2.67. The molecule has 0 spiro atoms. The fraction of sp³-hybridized carbons (Fsp3) is 0.267. The number of nitrogens with one attached hydrogen (secondary N) is 1. The van der Waals surface area contributed by atoms with Crippen molar-refractivity contribution in [3.05, 3.63) is 30.5 Å². The van der Waals surface area contributed by atoms with Crippen molar-refractivity contribution in [2.24, 2.45) is 0 Å². The molecule has 0 fully saturated rings. The van der Waals surface area contributed by atoms with Crippen LogP contribution in [0.4, 0.5) is 11.5 Å². The maximum absolute atomic E-state index is 5.96. The summed E-state index contributed by atoms with van der Waals surface area (Å²) in [4.78, 5) is 4.33. The molecule has 0 unspecified atom stereocenters. The van der Waals surface area contributed by atoms with Gasteiger partial charge in [0, 0.05) is 42.5 Å². The number of hydrogen-bond donors (Lipinski definition) is 2. The Hall–Kier alpha value is -2.43. The van der Waals surface area contributed by atoms with E-state index in [0.29, 0.717) is 24.7 Å². The third kappa shape index (κ3) is 2.34. The van der Waals surface area contributed by atoms with Gasteiger partial charge in [0.05, 0.1) is 13.2 Å². The predicted octanol–water partition coefficient (Wildman–Crippen LogP) is 2.53. The number of rotatable bonds is 2. The molecule has 3 N–H and O–H groups in total. The molecule has 1 aliphatic heterocycles. The van der Waals surface area contributed by atoms with Crippen LogP contribution in [-0.4, -0.2) is 25.2 Å². The molecule has 1 aromatic heterocycles. The highest BCUT2D eigenvalue weighted by Gasteiger charge is 2.17. The van der Waals surface area contributed by atoms with Crippen LogP contribution in [0, 0.1) is 0 Å². The summed E-state index contributed by atoms with van der Waals surface area (Å²) in [5, 5.41) is 3.00. The lowest BCUT2D eigenvalue weighted by Gasteiger charge is -2.14. The molecule has 2 heterocycles. The summed E-state index contributed by atoms with van der Waals surface area (Å²) in [5.74, 6) is 2.27. The van der Waals surface area contributed by atoms with E-state index < -0.39 is 0 Å². The smallest absolute Gasteiger partial charge is 0.169 e. The van der Waals surface area contributed by atoms with E-state index in [2.05, 4.69) is 10.3 Å². The number of pyridine rings is 1. The molecule has 20 heavy (non-hydrogen) atoms. The van der Waals surface area contributed by atoms with Crippen molar-refractivity contribution >= 4 is 11.5 Å². The molecule has 0 bridgehead atoms. The molecule has 5 heteroatoms. The Kier molecular flexibility index (Phi) is 3.33. The van der Waals surface area contributed by atoms with Crippen LogP contribution in [0.15, 0.2) is 30.5 Å². The molecule has 3 rings (SSSR count). The quantitative estimate of drug-likeness (QED) is 0.821. The molecular weight excluding hydrogens is 254 g/mol. The van der Waals surface area contributed by atoms with E-state index in [9.17, 15) is 0 Å². The molecule has 0 aliphatic carbocycles. The first-order valence-electron chi connectivity index (χ1n) is 6.61. The third-order valence-electron chi connectivity index (χ3n) is 3.20. The van der Waals surface area contributed by atoms with Crippen LogP contribution in [-0.2, 0) is 0 Å². The predicted molar refractivity (Wildman–Crippen MR) is 79.2 cm³/mol. The SMILES string of the molecule is CNc1ccc(-c2cc(N)cc3c2OCCCO3)cn1. The number of ether oxygens (including phenoxy) is 2. The molecule has 5 nitrogen and oxygen atoms in total. The molecule has 0 saturated heterocycles. The molecule has 2 aromatic rings. The zero-order chi connectivity index (χ0) is 13.9. The fourth-order valence-corrected chi connectivity index (χ4v) is 2.21. The van der Waals surface area contributed by atoms with Crippen molar-refractivity contribution in [3.63, 3.8) is 0 Å². The van der Waals surface area contributed by atoms with Crippen LogP contribution >= 0.6 is 0 Å². The second kappa shape index (κ2) is 5.28. The van der Waals surface area contributed by atoms with Gasteiger partial charge in [0.2, 0.25) is 0 Å². The van der Waals surface area contributed by atoms with Crippen LogP contribution in [0.2, 0.25) is 0 Å². The van der Waals surface area contributed by atoms with Crippen molar-refractivity contribution in [1.29, 1.82) is 0 Å². The Bertz CT molecular complexity index is 611. The number of benzene rings is 1. The van der Waals surface area contributed by atoms with Gasteiger partial charge in [0.1, 0.15) is 5.82 Å². The van der Waals surface area contributed by atoms with Crippen molar-refractivity contribution in [1.82, 2.24) is 4.98 Å². The summed E-state index contributed by atoms with van der Waals surface area (Å²) < 4.78 is 11.5. The summed E-state index contributed by atoms with van der Waals surface area (Å²) in [5.41, 5.74) is 8.48. The third-order valence-corrected chi connectivity index (χ3v) is 3.20. The minimum atomic E-state index is 0.645. The number of nitrogens with zero attached hydrogens (tertiary/aromatic N) is 1. The highest BCUT2D eigenvalue weighted by molar-refractivity contribution is 5.77. The molecular formula is C15H17N3O2. The molecule has 1 aliphatic rings. The number of nitrogens with two attached hydrogens (primary N) is 1. The first kappa shape index (κ1) is 12.6. The minimum absolute atomic E-state index is 0.645. The van der Waals surface area contributed by atoms with Crippen LogP contribution in [0.5, 0.6) is 11.5 Å². The van der Waals surface area contributed by atoms with Crippen molar-refractivity contribution in [3.8, 4) is 22.6 Å². The van der Waals surface area contributed by atoms with Gasteiger partial charge in [0.15, 0.2) is 11.5 Å². The van der Waals surface area contributed by atoms with Crippen molar-refractivity contribution in [2.45, 2.75) is 6.42 Å². The summed E-state index contributed by atoms with van der Waals surface area (Å²) in [7, 11) is 1.84. The van der Waals surface area contributed by atoms with E-state index in [1.165, 1.54) is 0 Å². The van der Waals surface area contributed by atoms with E-state index >= 15 is 0 Å². The van der Waals surface area contributed by atoms with E-state index in [1.54, 1.807) is 12.3 Å². The summed E-state index contributed by atoms with van der Waals surface area (Å²) in [6, 6.07) is 7.60. The van der Waals surface area contributed by atoms with E-state index in [4.69, 9.17) is 15.2 Å². The van der Waals surface area contributed by atoms with Crippen LogP contribution in [0.25, 0.3) is 11.1 Å². The zero-order valence-corrected chi connectivity index (χ0v) is 11.3. The second-order valence-corrected chi connectivity index (χ2v) is 4.63. The number of hydrogen-bond acceptors (Lipinski definition) is 5. The second-order valence-electron chi connectivity index (χ2n) is 4.63. The highest BCUT2D eigenvalue weighted by atomic mass is 16.5. The van der Waals surface area contributed by atoms with Gasteiger partial charge in [-0.15, -0.1) is 0 Å². The molecule has 0 saturated carbocycles. The first-order valence-corrected chi connectivity index (χ1v) is 6.61. The van der Waals surface area contributed by atoms with Gasteiger partial charge < -0.3 is 20.5 Å². The van der Waals surface area contributed by atoms with Crippen molar-refractivity contribution in [2.75, 3.05) is 31.3 Å². The van der Waals surface area contributed by atoms with Gasteiger partial charge in [0.25, 0.3) is 0 Å². The van der Waals surface area contributed by atoms with E-state index in [0.717, 1.165) is 29.1 Å². The summed E-state index contributed by atoms with van der Waals surface area (Å²) in [6.45, 7) is 1.29. The molecule has 1 aromatic carbocycles. The molecule has 0 radical (unpaired) electrons.